The normalized spacial score (nSPS) is 10.2. The van der Waals surface area contributed by atoms with E-state index in [-0.39, 0.29) is 11.0 Å². The number of aryl methyl sites for hydroxylation is 2. The Morgan fingerprint density at radius 1 is 1.28 bits per heavy atom. The SMILES string of the molecule is Cc1nnc(NC(=O)c2ccncc2Cl)nc1C. The van der Waals surface area contributed by atoms with Gasteiger partial charge in [-0.25, -0.2) is 4.98 Å². The van der Waals surface area contributed by atoms with E-state index >= 15 is 0 Å². The number of hydrogen-bond donors (Lipinski definition) is 1. The molecule has 0 aromatic carbocycles. The highest BCUT2D eigenvalue weighted by molar-refractivity contribution is 6.34. The average molecular weight is 264 g/mol. The van der Waals surface area contributed by atoms with Crippen molar-refractivity contribution in [1.29, 1.82) is 0 Å². The van der Waals surface area contributed by atoms with Crippen molar-refractivity contribution >= 4 is 23.5 Å². The lowest BCUT2D eigenvalue weighted by Gasteiger charge is -2.05. The summed E-state index contributed by atoms with van der Waals surface area (Å²) in [5.41, 5.74) is 1.74. The fraction of sp³-hybridized carbons (Fsp3) is 0.182. The van der Waals surface area contributed by atoms with Crippen molar-refractivity contribution in [2.75, 3.05) is 5.32 Å². The van der Waals surface area contributed by atoms with Crippen LogP contribution in [0, 0.1) is 13.8 Å². The molecule has 0 aliphatic heterocycles. The summed E-state index contributed by atoms with van der Waals surface area (Å²) in [6, 6.07) is 1.52. The largest absolute Gasteiger partial charge is 0.289 e. The van der Waals surface area contributed by atoms with E-state index in [1.54, 1.807) is 13.8 Å². The minimum atomic E-state index is -0.396. The first-order chi connectivity index (χ1) is 8.58. The van der Waals surface area contributed by atoms with Crippen molar-refractivity contribution in [3.8, 4) is 0 Å². The fourth-order valence-electron chi connectivity index (χ4n) is 1.24. The summed E-state index contributed by atoms with van der Waals surface area (Å²) in [6.45, 7) is 3.58. The molecule has 0 unspecified atom stereocenters. The maximum absolute atomic E-state index is 11.9. The number of anilines is 1. The molecule has 92 valence electrons. The van der Waals surface area contributed by atoms with Crippen LogP contribution in [0.25, 0.3) is 0 Å². The van der Waals surface area contributed by atoms with E-state index in [1.165, 1.54) is 18.5 Å². The molecule has 0 spiro atoms. The number of nitrogens with one attached hydrogen (secondary N) is 1. The summed E-state index contributed by atoms with van der Waals surface area (Å²) in [6.07, 6.45) is 2.89. The number of carbonyl (C=O) groups is 1. The number of nitrogens with zero attached hydrogens (tertiary/aromatic N) is 4. The Hall–Kier alpha value is -2.08. The van der Waals surface area contributed by atoms with E-state index in [2.05, 4.69) is 25.5 Å². The average Bonchev–Trinajstić information content (AvgIpc) is 2.34. The first-order valence-electron chi connectivity index (χ1n) is 5.16. The van der Waals surface area contributed by atoms with Gasteiger partial charge >= 0.3 is 0 Å². The molecule has 0 radical (unpaired) electrons. The van der Waals surface area contributed by atoms with E-state index < -0.39 is 5.91 Å². The highest BCUT2D eigenvalue weighted by Gasteiger charge is 2.12. The first kappa shape index (κ1) is 12.4. The molecule has 0 saturated heterocycles. The van der Waals surface area contributed by atoms with Gasteiger partial charge < -0.3 is 0 Å². The summed E-state index contributed by atoms with van der Waals surface area (Å²) < 4.78 is 0. The minimum Gasteiger partial charge on any atom is -0.289 e. The van der Waals surface area contributed by atoms with Gasteiger partial charge in [0.2, 0.25) is 5.95 Å². The zero-order valence-corrected chi connectivity index (χ0v) is 10.6. The number of carbonyl (C=O) groups excluding carboxylic acids is 1. The molecule has 0 bridgehead atoms. The van der Waals surface area contributed by atoms with E-state index in [1.807, 2.05) is 0 Å². The van der Waals surface area contributed by atoms with Crippen LogP contribution in [0.1, 0.15) is 21.7 Å². The van der Waals surface area contributed by atoms with Crippen molar-refractivity contribution in [3.05, 3.63) is 40.4 Å². The van der Waals surface area contributed by atoms with Crippen molar-refractivity contribution < 1.29 is 4.79 Å². The number of pyridine rings is 1. The van der Waals surface area contributed by atoms with Gasteiger partial charge in [0.1, 0.15) is 0 Å². The van der Waals surface area contributed by atoms with Crippen LogP contribution in [-0.4, -0.2) is 26.1 Å². The van der Waals surface area contributed by atoms with Crippen LogP contribution in [0.15, 0.2) is 18.5 Å². The van der Waals surface area contributed by atoms with Crippen LogP contribution in [0.4, 0.5) is 5.95 Å². The van der Waals surface area contributed by atoms with Gasteiger partial charge in [0.25, 0.3) is 5.91 Å². The van der Waals surface area contributed by atoms with Crippen LogP contribution in [-0.2, 0) is 0 Å². The molecule has 1 amide bonds. The maximum Gasteiger partial charge on any atom is 0.259 e. The molecule has 18 heavy (non-hydrogen) atoms. The summed E-state index contributed by atoms with van der Waals surface area (Å²) in [5.74, 6) is -0.247. The Kier molecular flexibility index (Phi) is 3.47. The molecule has 7 heteroatoms. The molecule has 2 aromatic rings. The Balaban J connectivity index is 2.22. The van der Waals surface area contributed by atoms with E-state index in [0.717, 1.165) is 5.69 Å². The van der Waals surface area contributed by atoms with Gasteiger partial charge in [0.05, 0.1) is 22.0 Å². The van der Waals surface area contributed by atoms with Crippen molar-refractivity contribution in [2.24, 2.45) is 0 Å². The zero-order chi connectivity index (χ0) is 13.1. The summed E-state index contributed by atoms with van der Waals surface area (Å²) in [7, 11) is 0. The molecular weight excluding hydrogens is 254 g/mol. The first-order valence-corrected chi connectivity index (χ1v) is 5.54. The molecule has 2 rings (SSSR count). The van der Waals surface area contributed by atoms with E-state index in [9.17, 15) is 4.79 Å². The highest BCUT2D eigenvalue weighted by atomic mass is 35.5. The third-order valence-corrected chi connectivity index (χ3v) is 2.64. The van der Waals surface area contributed by atoms with E-state index in [0.29, 0.717) is 11.3 Å². The summed E-state index contributed by atoms with van der Waals surface area (Å²) in [4.78, 5) is 19.8. The van der Waals surface area contributed by atoms with Crippen molar-refractivity contribution in [2.45, 2.75) is 13.8 Å². The smallest absolute Gasteiger partial charge is 0.259 e. The lowest BCUT2D eigenvalue weighted by molar-refractivity contribution is 0.102. The topological polar surface area (TPSA) is 80.7 Å². The molecule has 1 N–H and O–H groups in total. The van der Waals surface area contributed by atoms with Gasteiger partial charge in [-0.3, -0.25) is 15.1 Å². The van der Waals surface area contributed by atoms with Gasteiger partial charge in [0, 0.05) is 12.4 Å². The van der Waals surface area contributed by atoms with Crippen LogP contribution in [0.3, 0.4) is 0 Å². The quantitative estimate of drug-likeness (QED) is 0.893. The molecule has 0 atom stereocenters. The molecule has 0 aliphatic rings. The monoisotopic (exact) mass is 263 g/mol. The van der Waals surface area contributed by atoms with Gasteiger partial charge in [0.15, 0.2) is 0 Å². The molecule has 2 aromatic heterocycles. The lowest BCUT2D eigenvalue weighted by Crippen LogP contribution is -2.16. The Bertz CT molecular complexity index is 602. The number of aromatic nitrogens is 4. The predicted octanol–water partition coefficient (Wildman–Crippen LogP) is 1.79. The second-order valence-electron chi connectivity index (χ2n) is 3.62. The maximum atomic E-state index is 11.9. The van der Waals surface area contributed by atoms with Crippen LogP contribution in [0.5, 0.6) is 0 Å². The lowest BCUT2D eigenvalue weighted by atomic mass is 10.2. The van der Waals surface area contributed by atoms with Crippen LogP contribution in [0.2, 0.25) is 5.02 Å². The van der Waals surface area contributed by atoms with E-state index in [4.69, 9.17) is 11.6 Å². The Morgan fingerprint density at radius 2 is 2.06 bits per heavy atom. The molecule has 0 aliphatic carbocycles. The minimum absolute atomic E-state index is 0.149. The number of hydrogen-bond acceptors (Lipinski definition) is 5. The Morgan fingerprint density at radius 3 is 2.72 bits per heavy atom. The highest BCUT2D eigenvalue weighted by Crippen LogP contribution is 2.14. The van der Waals surface area contributed by atoms with Crippen molar-refractivity contribution in [3.63, 3.8) is 0 Å². The van der Waals surface area contributed by atoms with Gasteiger partial charge in [-0.15, -0.1) is 5.10 Å². The predicted molar refractivity (Wildman–Crippen MR) is 66.5 cm³/mol. The molecule has 0 fully saturated rings. The molecule has 6 nitrogen and oxygen atoms in total. The van der Waals surface area contributed by atoms with Crippen molar-refractivity contribution in [1.82, 2.24) is 20.2 Å². The summed E-state index contributed by atoms with van der Waals surface area (Å²) in [5, 5.41) is 10.5. The number of rotatable bonds is 2. The number of amides is 1. The molecular formula is C11H10ClN5O. The summed E-state index contributed by atoms with van der Waals surface area (Å²) >= 11 is 5.86. The van der Waals surface area contributed by atoms with Crippen LogP contribution < -0.4 is 5.32 Å². The third-order valence-electron chi connectivity index (χ3n) is 2.33. The molecule has 0 saturated carbocycles. The zero-order valence-electron chi connectivity index (χ0n) is 9.81. The van der Waals surface area contributed by atoms with Gasteiger partial charge in [-0.2, -0.15) is 5.10 Å². The fourth-order valence-corrected chi connectivity index (χ4v) is 1.44. The standard InChI is InChI=1S/C11H10ClN5O/c1-6-7(2)16-17-11(14-6)15-10(18)8-3-4-13-5-9(8)12/h3-5H,1-2H3,(H,14,15,17,18). The number of halogens is 1. The second-order valence-corrected chi connectivity index (χ2v) is 4.02. The molecule has 2 heterocycles. The Labute approximate surface area is 108 Å². The van der Waals surface area contributed by atoms with Gasteiger partial charge in [-0.05, 0) is 19.9 Å². The van der Waals surface area contributed by atoms with Gasteiger partial charge in [-0.1, -0.05) is 11.6 Å². The third kappa shape index (κ3) is 2.60. The van der Waals surface area contributed by atoms with Crippen LogP contribution >= 0.6 is 11.6 Å². The second kappa shape index (κ2) is 5.05.